The van der Waals surface area contributed by atoms with E-state index in [9.17, 15) is 14.4 Å². The molecule has 6 heteroatoms. The zero-order valence-corrected chi connectivity index (χ0v) is 16.5. The molecule has 1 N–H and O–H groups in total. The molecule has 1 aliphatic heterocycles. The number of ether oxygens (including phenoxy) is 2. The van der Waals surface area contributed by atoms with E-state index in [0.717, 1.165) is 11.1 Å². The molecular formula is C23H25NO5. The molecule has 0 bridgehead atoms. The van der Waals surface area contributed by atoms with E-state index in [1.165, 1.54) is 0 Å². The van der Waals surface area contributed by atoms with Gasteiger partial charge in [0.15, 0.2) is 5.78 Å². The molecule has 0 amide bonds. The maximum Gasteiger partial charge on any atom is 0.318 e. The monoisotopic (exact) mass is 395 g/mol. The maximum atomic E-state index is 13.5. The first kappa shape index (κ1) is 20.7. The van der Waals surface area contributed by atoms with Crippen LogP contribution >= 0.6 is 0 Å². The lowest BCUT2D eigenvalue weighted by molar-refractivity contribution is -0.162. The number of carbonyl (C=O) groups excluding carboxylic acids is 3. The number of nitrogens with one attached hydrogen (secondary N) is 1. The summed E-state index contributed by atoms with van der Waals surface area (Å²) >= 11 is 0. The molecule has 6 nitrogen and oxygen atoms in total. The molecule has 1 aliphatic rings. The second-order valence-corrected chi connectivity index (χ2v) is 6.81. The van der Waals surface area contributed by atoms with Crippen molar-refractivity contribution in [3.8, 4) is 0 Å². The summed E-state index contributed by atoms with van der Waals surface area (Å²) in [7, 11) is 0. The normalized spacial score (nSPS) is 24.0. The summed E-state index contributed by atoms with van der Waals surface area (Å²) in [4.78, 5) is 38.9. The van der Waals surface area contributed by atoms with E-state index >= 15 is 0 Å². The Morgan fingerprint density at radius 3 is 1.48 bits per heavy atom. The third-order valence-corrected chi connectivity index (χ3v) is 5.04. The van der Waals surface area contributed by atoms with Gasteiger partial charge in [0, 0.05) is 0 Å². The topological polar surface area (TPSA) is 81.7 Å². The van der Waals surface area contributed by atoms with Crippen molar-refractivity contribution in [1.82, 2.24) is 5.32 Å². The fourth-order valence-electron chi connectivity index (χ4n) is 3.77. The van der Waals surface area contributed by atoms with Crippen molar-refractivity contribution >= 4 is 17.7 Å². The van der Waals surface area contributed by atoms with Crippen LogP contribution in [0.1, 0.15) is 37.1 Å². The van der Waals surface area contributed by atoms with Gasteiger partial charge >= 0.3 is 11.9 Å². The Kier molecular flexibility index (Phi) is 6.77. The molecule has 1 saturated heterocycles. The molecular weight excluding hydrogens is 370 g/mol. The van der Waals surface area contributed by atoms with E-state index in [0.29, 0.717) is 0 Å². The smallest absolute Gasteiger partial charge is 0.318 e. The number of piperidine rings is 1. The second kappa shape index (κ2) is 9.47. The SMILES string of the molecule is CCOC(=O)C1C(=O)C(C(=O)OCC)C(c2ccccc2)NC1c1ccccc1. The first-order chi connectivity index (χ1) is 14.1. The minimum absolute atomic E-state index is 0.149. The number of esters is 2. The number of Topliss-reactive ketones (excluding diaryl/α,β-unsaturated/α-hetero) is 1. The number of carbonyl (C=O) groups is 3. The quantitative estimate of drug-likeness (QED) is 0.598. The van der Waals surface area contributed by atoms with Crippen molar-refractivity contribution < 1.29 is 23.9 Å². The molecule has 2 aromatic rings. The number of hydrogen-bond donors (Lipinski definition) is 1. The van der Waals surface area contributed by atoms with Crippen LogP contribution in [0.25, 0.3) is 0 Å². The molecule has 4 unspecified atom stereocenters. The van der Waals surface area contributed by atoms with Crippen LogP contribution in [0.3, 0.4) is 0 Å². The van der Waals surface area contributed by atoms with Crippen molar-refractivity contribution in [3.63, 3.8) is 0 Å². The molecule has 152 valence electrons. The lowest BCUT2D eigenvalue weighted by Gasteiger charge is -2.39. The average molecular weight is 395 g/mol. The predicted octanol–water partition coefficient (Wildman–Crippen LogP) is 3.00. The standard InChI is InChI=1S/C23H25NO5/c1-3-28-22(26)17-19(15-11-7-5-8-12-15)24-20(16-13-9-6-10-14-16)18(21(17)25)23(27)29-4-2/h5-14,17-20,24H,3-4H2,1-2H3. The summed E-state index contributed by atoms with van der Waals surface area (Å²) in [6.07, 6.45) is 0. The predicted molar refractivity (Wildman–Crippen MR) is 107 cm³/mol. The van der Waals surface area contributed by atoms with Crippen molar-refractivity contribution in [1.29, 1.82) is 0 Å². The number of ketones is 1. The molecule has 0 radical (unpaired) electrons. The zero-order chi connectivity index (χ0) is 20.8. The molecule has 4 atom stereocenters. The average Bonchev–Trinajstić information content (AvgIpc) is 2.74. The minimum Gasteiger partial charge on any atom is -0.465 e. The van der Waals surface area contributed by atoms with Crippen LogP contribution in [0, 0.1) is 11.8 Å². The van der Waals surface area contributed by atoms with Crippen molar-refractivity contribution in [2.45, 2.75) is 25.9 Å². The van der Waals surface area contributed by atoms with E-state index in [-0.39, 0.29) is 13.2 Å². The van der Waals surface area contributed by atoms with Gasteiger partial charge in [0.2, 0.25) is 0 Å². The highest BCUT2D eigenvalue weighted by Crippen LogP contribution is 2.39. The number of benzene rings is 2. The van der Waals surface area contributed by atoms with Gasteiger partial charge in [-0.15, -0.1) is 0 Å². The van der Waals surface area contributed by atoms with E-state index < -0.39 is 41.6 Å². The highest BCUT2D eigenvalue weighted by atomic mass is 16.5. The van der Waals surface area contributed by atoms with Crippen molar-refractivity contribution in [2.75, 3.05) is 13.2 Å². The van der Waals surface area contributed by atoms with Crippen LogP contribution in [-0.2, 0) is 23.9 Å². The summed E-state index contributed by atoms with van der Waals surface area (Å²) in [6.45, 7) is 3.67. The van der Waals surface area contributed by atoms with Crippen LogP contribution in [0.5, 0.6) is 0 Å². The zero-order valence-electron chi connectivity index (χ0n) is 16.5. The van der Waals surface area contributed by atoms with Gasteiger partial charge in [-0.2, -0.15) is 0 Å². The molecule has 3 rings (SSSR count). The van der Waals surface area contributed by atoms with Crippen molar-refractivity contribution in [3.05, 3.63) is 71.8 Å². The first-order valence-electron chi connectivity index (χ1n) is 9.81. The fraction of sp³-hybridized carbons (Fsp3) is 0.348. The van der Waals surface area contributed by atoms with E-state index in [1.54, 1.807) is 13.8 Å². The molecule has 0 aromatic heterocycles. The Morgan fingerprint density at radius 1 is 0.759 bits per heavy atom. The third-order valence-electron chi connectivity index (χ3n) is 5.04. The van der Waals surface area contributed by atoms with Crippen molar-refractivity contribution in [2.24, 2.45) is 11.8 Å². The maximum absolute atomic E-state index is 13.5. The van der Waals surface area contributed by atoms with E-state index in [2.05, 4.69) is 5.32 Å². The van der Waals surface area contributed by atoms with Gasteiger partial charge < -0.3 is 14.8 Å². The molecule has 0 spiro atoms. The van der Waals surface area contributed by atoms with Crippen LogP contribution < -0.4 is 5.32 Å². The summed E-state index contributed by atoms with van der Waals surface area (Å²) < 4.78 is 10.4. The molecule has 1 fully saturated rings. The van der Waals surface area contributed by atoms with Crippen LogP contribution in [-0.4, -0.2) is 30.9 Å². The van der Waals surface area contributed by atoms with Crippen LogP contribution in [0.4, 0.5) is 0 Å². The van der Waals surface area contributed by atoms with Gasteiger partial charge in [-0.05, 0) is 25.0 Å². The Labute approximate surface area is 170 Å². The van der Waals surface area contributed by atoms with Gasteiger partial charge in [-0.3, -0.25) is 14.4 Å². The van der Waals surface area contributed by atoms with Crippen LogP contribution in [0.15, 0.2) is 60.7 Å². The lowest BCUT2D eigenvalue weighted by atomic mass is 9.74. The summed E-state index contributed by atoms with van der Waals surface area (Å²) in [5.74, 6) is -4.03. The van der Waals surface area contributed by atoms with Gasteiger partial charge in [-0.25, -0.2) is 0 Å². The fourth-order valence-corrected chi connectivity index (χ4v) is 3.77. The Balaban J connectivity index is 2.08. The summed E-state index contributed by atoms with van der Waals surface area (Å²) in [5.41, 5.74) is 1.56. The minimum atomic E-state index is -1.13. The highest BCUT2D eigenvalue weighted by molar-refractivity contribution is 6.10. The van der Waals surface area contributed by atoms with E-state index in [4.69, 9.17) is 9.47 Å². The largest absolute Gasteiger partial charge is 0.465 e. The summed E-state index contributed by atoms with van der Waals surface area (Å²) in [6, 6.07) is 17.3. The summed E-state index contributed by atoms with van der Waals surface area (Å²) in [5, 5.41) is 3.37. The molecule has 0 aliphatic carbocycles. The molecule has 0 saturated carbocycles. The van der Waals surface area contributed by atoms with E-state index in [1.807, 2.05) is 60.7 Å². The lowest BCUT2D eigenvalue weighted by Crippen LogP contribution is -2.54. The Morgan fingerprint density at radius 2 is 1.14 bits per heavy atom. The van der Waals surface area contributed by atoms with Gasteiger partial charge in [-0.1, -0.05) is 60.7 Å². The Hall–Kier alpha value is -2.99. The second-order valence-electron chi connectivity index (χ2n) is 6.81. The third kappa shape index (κ3) is 4.38. The highest BCUT2D eigenvalue weighted by Gasteiger charge is 2.52. The van der Waals surface area contributed by atoms with Gasteiger partial charge in [0.1, 0.15) is 11.8 Å². The molecule has 2 aromatic carbocycles. The number of hydrogen-bond acceptors (Lipinski definition) is 6. The molecule has 1 heterocycles. The number of rotatable bonds is 6. The van der Waals surface area contributed by atoms with Gasteiger partial charge in [0.05, 0.1) is 25.3 Å². The molecule has 29 heavy (non-hydrogen) atoms. The van der Waals surface area contributed by atoms with Crippen LogP contribution in [0.2, 0.25) is 0 Å². The Bertz CT molecular complexity index is 783. The van der Waals surface area contributed by atoms with Gasteiger partial charge in [0.25, 0.3) is 0 Å². The first-order valence-corrected chi connectivity index (χ1v) is 9.81.